The highest BCUT2D eigenvalue weighted by molar-refractivity contribution is 5.02. The van der Waals surface area contributed by atoms with Gasteiger partial charge in [0, 0.05) is 18.6 Å². The fourth-order valence-electron chi connectivity index (χ4n) is 4.28. The third-order valence-electron chi connectivity index (χ3n) is 5.05. The zero-order chi connectivity index (χ0) is 11.1. The lowest BCUT2D eigenvalue weighted by atomic mass is 9.92. The van der Waals surface area contributed by atoms with Crippen molar-refractivity contribution in [2.45, 2.75) is 50.8 Å². The van der Waals surface area contributed by atoms with Gasteiger partial charge in [-0.2, -0.15) is 0 Å². The summed E-state index contributed by atoms with van der Waals surface area (Å²) >= 11 is 0. The Labute approximate surface area is 98.2 Å². The summed E-state index contributed by atoms with van der Waals surface area (Å²) in [6, 6.07) is 1.19. The molecule has 2 heterocycles. The first-order chi connectivity index (χ1) is 7.81. The van der Waals surface area contributed by atoms with Crippen LogP contribution < -0.4 is 5.32 Å². The highest BCUT2D eigenvalue weighted by atomic mass is 16.3. The molecular formula is C13H24N2O. The molecule has 3 heteroatoms. The molecular weight excluding hydrogens is 200 g/mol. The largest absolute Gasteiger partial charge is 0.391 e. The van der Waals surface area contributed by atoms with Crippen LogP contribution in [0.4, 0.5) is 0 Å². The topological polar surface area (TPSA) is 35.5 Å². The minimum absolute atomic E-state index is 0.0548. The number of nitrogens with zero attached hydrogens (tertiary/aromatic N) is 1. The molecule has 0 bridgehead atoms. The Morgan fingerprint density at radius 2 is 2.19 bits per heavy atom. The van der Waals surface area contributed by atoms with Gasteiger partial charge in [0.15, 0.2) is 0 Å². The number of nitrogens with one attached hydrogen (secondary N) is 1. The standard InChI is InChI=1S/C13H24N2O/c1-2-11-10-7-14-6-9(10)8-15(11)12-4-3-5-13(12)16/h9-14,16H,2-8H2,1H3. The molecule has 0 radical (unpaired) electrons. The maximum Gasteiger partial charge on any atom is 0.0695 e. The Hall–Kier alpha value is -0.120. The van der Waals surface area contributed by atoms with Crippen molar-refractivity contribution in [2.24, 2.45) is 11.8 Å². The van der Waals surface area contributed by atoms with Gasteiger partial charge in [-0.1, -0.05) is 6.92 Å². The van der Waals surface area contributed by atoms with Gasteiger partial charge in [0.1, 0.15) is 0 Å². The molecule has 5 unspecified atom stereocenters. The Morgan fingerprint density at radius 3 is 2.88 bits per heavy atom. The van der Waals surface area contributed by atoms with Gasteiger partial charge in [-0.25, -0.2) is 0 Å². The SMILES string of the molecule is CCC1C2CNCC2CN1C1CCCC1O. The second kappa shape index (κ2) is 4.28. The second-order valence-corrected chi connectivity index (χ2v) is 5.82. The maximum atomic E-state index is 10.1. The molecule has 0 amide bonds. The number of hydrogen-bond donors (Lipinski definition) is 2. The summed E-state index contributed by atoms with van der Waals surface area (Å²) in [5.74, 6) is 1.69. The molecule has 0 spiro atoms. The van der Waals surface area contributed by atoms with Crippen molar-refractivity contribution in [3.8, 4) is 0 Å². The number of hydrogen-bond acceptors (Lipinski definition) is 3. The van der Waals surface area contributed by atoms with Gasteiger partial charge >= 0.3 is 0 Å². The van der Waals surface area contributed by atoms with E-state index in [2.05, 4.69) is 17.1 Å². The van der Waals surface area contributed by atoms with Crippen LogP contribution in [-0.2, 0) is 0 Å². The van der Waals surface area contributed by atoms with E-state index in [4.69, 9.17) is 0 Å². The lowest BCUT2D eigenvalue weighted by molar-refractivity contribution is 0.0544. The van der Waals surface area contributed by atoms with Crippen molar-refractivity contribution < 1.29 is 5.11 Å². The molecule has 0 aromatic rings. The Kier molecular flexibility index (Phi) is 2.94. The number of aliphatic hydroxyl groups is 1. The summed E-state index contributed by atoms with van der Waals surface area (Å²) in [5.41, 5.74) is 0. The van der Waals surface area contributed by atoms with Crippen molar-refractivity contribution in [3.63, 3.8) is 0 Å². The van der Waals surface area contributed by atoms with Gasteiger partial charge in [0.05, 0.1) is 6.10 Å². The highest BCUT2D eigenvalue weighted by Gasteiger charge is 2.47. The fourth-order valence-corrected chi connectivity index (χ4v) is 4.28. The minimum Gasteiger partial charge on any atom is -0.391 e. The predicted molar refractivity (Wildman–Crippen MR) is 64.3 cm³/mol. The molecule has 2 saturated heterocycles. The summed E-state index contributed by atoms with van der Waals surface area (Å²) in [7, 11) is 0. The van der Waals surface area contributed by atoms with Gasteiger partial charge in [0.25, 0.3) is 0 Å². The van der Waals surface area contributed by atoms with Crippen molar-refractivity contribution >= 4 is 0 Å². The molecule has 0 aromatic carbocycles. The molecule has 0 aromatic heterocycles. The molecule has 92 valence electrons. The molecule has 3 rings (SSSR count). The van der Waals surface area contributed by atoms with Crippen LogP contribution in [0.5, 0.6) is 0 Å². The normalized spacial score (nSPS) is 48.8. The number of fused-ring (bicyclic) bond motifs is 1. The second-order valence-electron chi connectivity index (χ2n) is 5.82. The number of aliphatic hydroxyl groups excluding tert-OH is 1. The van der Waals surface area contributed by atoms with Crippen LogP contribution in [0.2, 0.25) is 0 Å². The van der Waals surface area contributed by atoms with Crippen LogP contribution in [0.15, 0.2) is 0 Å². The van der Waals surface area contributed by atoms with Crippen LogP contribution in [0.1, 0.15) is 32.6 Å². The summed E-state index contributed by atoms with van der Waals surface area (Å²) < 4.78 is 0. The van der Waals surface area contributed by atoms with Crippen molar-refractivity contribution in [2.75, 3.05) is 19.6 Å². The van der Waals surface area contributed by atoms with E-state index < -0.39 is 0 Å². The monoisotopic (exact) mass is 224 g/mol. The lowest BCUT2D eigenvalue weighted by Gasteiger charge is -2.34. The first-order valence-corrected chi connectivity index (χ1v) is 6.95. The van der Waals surface area contributed by atoms with Crippen molar-refractivity contribution in [1.82, 2.24) is 10.2 Å². The molecule has 1 saturated carbocycles. The van der Waals surface area contributed by atoms with E-state index in [1.165, 1.54) is 38.9 Å². The first kappa shape index (κ1) is 11.0. The van der Waals surface area contributed by atoms with Crippen LogP contribution in [0.25, 0.3) is 0 Å². The molecule has 5 atom stereocenters. The smallest absolute Gasteiger partial charge is 0.0695 e. The van der Waals surface area contributed by atoms with Crippen molar-refractivity contribution in [1.29, 1.82) is 0 Å². The molecule has 1 aliphatic carbocycles. The van der Waals surface area contributed by atoms with E-state index >= 15 is 0 Å². The van der Waals surface area contributed by atoms with E-state index in [1.54, 1.807) is 0 Å². The molecule has 2 aliphatic heterocycles. The van der Waals surface area contributed by atoms with Crippen LogP contribution >= 0.6 is 0 Å². The zero-order valence-corrected chi connectivity index (χ0v) is 10.2. The van der Waals surface area contributed by atoms with Gasteiger partial charge in [0.2, 0.25) is 0 Å². The first-order valence-electron chi connectivity index (χ1n) is 6.95. The lowest BCUT2D eigenvalue weighted by Crippen LogP contribution is -2.45. The minimum atomic E-state index is -0.0548. The van der Waals surface area contributed by atoms with Crippen LogP contribution in [0.3, 0.4) is 0 Å². The fraction of sp³-hybridized carbons (Fsp3) is 1.00. The van der Waals surface area contributed by atoms with E-state index in [0.29, 0.717) is 6.04 Å². The predicted octanol–water partition coefficient (Wildman–Crippen LogP) is 0.830. The summed E-state index contributed by atoms with van der Waals surface area (Å²) in [6.07, 6.45) is 4.63. The Morgan fingerprint density at radius 1 is 1.31 bits per heavy atom. The van der Waals surface area contributed by atoms with E-state index in [9.17, 15) is 5.11 Å². The zero-order valence-electron chi connectivity index (χ0n) is 10.2. The van der Waals surface area contributed by atoms with Gasteiger partial charge < -0.3 is 10.4 Å². The maximum absolute atomic E-state index is 10.1. The third kappa shape index (κ3) is 1.60. The summed E-state index contributed by atoms with van der Waals surface area (Å²) in [5, 5.41) is 13.6. The third-order valence-corrected chi connectivity index (χ3v) is 5.05. The van der Waals surface area contributed by atoms with Crippen LogP contribution in [-0.4, -0.2) is 47.8 Å². The molecule has 2 N–H and O–H groups in total. The van der Waals surface area contributed by atoms with Crippen molar-refractivity contribution in [3.05, 3.63) is 0 Å². The quantitative estimate of drug-likeness (QED) is 0.729. The van der Waals surface area contributed by atoms with Gasteiger partial charge in [-0.3, -0.25) is 4.90 Å². The van der Waals surface area contributed by atoms with E-state index in [1.807, 2.05) is 0 Å². The summed E-state index contributed by atoms with van der Waals surface area (Å²) in [4.78, 5) is 2.65. The molecule has 3 aliphatic rings. The number of rotatable bonds is 2. The number of likely N-dealkylation sites (tertiary alicyclic amines) is 1. The van der Waals surface area contributed by atoms with E-state index in [0.717, 1.165) is 24.3 Å². The van der Waals surface area contributed by atoms with Crippen LogP contribution in [0, 0.1) is 11.8 Å². The average Bonchev–Trinajstić information content (AvgIpc) is 2.90. The molecule has 3 nitrogen and oxygen atoms in total. The Bertz CT molecular complexity index is 258. The van der Waals surface area contributed by atoms with Gasteiger partial charge in [-0.15, -0.1) is 0 Å². The highest BCUT2D eigenvalue weighted by Crippen LogP contribution is 2.39. The average molecular weight is 224 g/mol. The molecule has 3 fully saturated rings. The van der Waals surface area contributed by atoms with E-state index in [-0.39, 0.29) is 6.10 Å². The Balaban J connectivity index is 1.75. The summed E-state index contributed by atoms with van der Waals surface area (Å²) in [6.45, 7) is 5.92. The van der Waals surface area contributed by atoms with Gasteiger partial charge in [-0.05, 0) is 50.6 Å². The molecule has 16 heavy (non-hydrogen) atoms.